The van der Waals surface area contributed by atoms with Gasteiger partial charge >= 0.3 is 6.18 Å². The lowest BCUT2D eigenvalue weighted by Crippen LogP contribution is -2.27. The van der Waals surface area contributed by atoms with Gasteiger partial charge in [0.05, 0.1) is 17.0 Å². The average Bonchev–Trinajstić information content (AvgIpc) is 3.36. The summed E-state index contributed by atoms with van der Waals surface area (Å²) in [6.45, 7) is 1.81. The number of rotatable bonds is 5. The Morgan fingerprint density at radius 2 is 1.90 bits per heavy atom. The Bertz CT molecular complexity index is 1180. The molecule has 4 rings (SSSR count). The summed E-state index contributed by atoms with van der Waals surface area (Å²) in [5, 5.41) is 6.96. The maximum Gasteiger partial charge on any atom is 0.416 e. The maximum atomic E-state index is 12.7. The molecule has 0 fully saturated rings. The molecule has 1 amide bonds. The average molecular weight is 432 g/mol. The Morgan fingerprint density at radius 3 is 2.63 bits per heavy atom. The number of hydrogen-bond acceptors (Lipinski definition) is 6. The van der Waals surface area contributed by atoms with Crippen LogP contribution in [0.25, 0.3) is 11.0 Å². The number of carbonyl (C=O) groups excluding carboxylic acids is 1. The van der Waals surface area contributed by atoms with Crippen molar-refractivity contribution in [2.75, 3.05) is 5.32 Å². The van der Waals surface area contributed by atoms with Gasteiger partial charge in [-0.25, -0.2) is 15.0 Å². The first kappa shape index (κ1) is 19.8. The fraction of sp³-hybridized carbons (Fsp3) is 0.158. The molecule has 30 heavy (non-hydrogen) atoms. The fourth-order valence-corrected chi connectivity index (χ4v) is 3.64. The number of aromatic nitrogens is 4. The molecular formula is C19H15F3N6OS. The van der Waals surface area contributed by atoms with Crippen LogP contribution in [0.1, 0.15) is 33.9 Å². The summed E-state index contributed by atoms with van der Waals surface area (Å²) in [4.78, 5) is 28.7. The maximum absolute atomic E-state index is 12.7. The second kappa shape index (κ2) is 7.75. The van der Waals surface area contributed by atoms with Gasteiger partial charge in [0.1, 0.15) is 17.7 Å². The van der Waals surface area contributed by atoms with Crippen LogP contribution in [-0.2, 0) is 6.18 Å². The van der Waals surface area contributed by atoms with Crippen molar-refractivity contribution in [1.29, 1.82) is 0 Å². The molecule has 1 atom stereocenters. The standard InChI is InChI=1S/C19H15F3N6OS/c1-10(27-17(29)15-13-6-7-23-16(13)26-9-25-15)14-8-24-18(30-14)28-12-4-2-11(3-5-12)19(20,21)22/h2-10H,1H3,(H,24,28)(H,27,29)(H,23,25,26). The molecule has 0 bridgehead atoms. The van der Waals surface area contributed by atoms with Crippen molar-refractivity contribution in [3.05, 3.63) is 65.2 Å². The molecule has 1 unspecified atom stereocenters. The van der Waals surface area contributed by atoms with Crippen LogP contribution in [0, 0.1) is 0 Å². The summed E-state index contributed by atoms with van der Waals surface area (Å²) >= 11 is 1.29. The van der Waals surface area contributed by atoms with Gasteiger partial charge in [-0.2, -0.15) is 13.2 Å². The zero-order chi connectivity index (χ0) is 21.3. The smallest absolute Gasteiger partial charge is 0.346 e. The van der Waals surface area contributed by atoms with Crippen LogP contribution >= 0.6 is 11.3 Å². The highest BCUT2D eigenvalue weighted by atomic mass is 32.1. The second-order valence-corrected chi connectivity index (χ2v) is 7.49. The van der Waals surface area contributed by atoms with Crippen molar-refractivity contribution in [3.8, 4) is 0 Å². The SMILES string of the molecule is CC(NC(=O)c1ncnc2[nH]ccc12)c1cnc(Nc2ccc(C(F)(F)F)cc2)s1. The van der Waals surface area contributed by atoms with Crippen molar-refractivity contribution in [1.82, 2.24) is 25.3 Å². The largest absolute Gasteiger partial charge is 0.416 e. The third kappa shape index (κ3) is 4.10. The number of amides is 1. The summed E-state index contributed by atoms with van der Waals surface area (Å²) in [6, 6.07) is 6.07. The van der Waals surface area contributed by atoms with Gasteiger partial charge in [-0.05, 0) is 37.3 Å². The predicted molar refractivity (Wildman–Crippen MR) is 107 cm³/mol. The Morgan fingerprint density at radius 1 is 1.13 bits per heavy atom. The van der Waals surface area contributed by atoms with Gasteiger partial charge in [0.25, 0.3) is 5.91 Å². The molecule has 4 aromatic rings. The molecule has 0 aliphatic rings. The molecule has 1 aromatic carbocycles. The molecule has 3 N–H and O–H groups in total. The summed E-state index contributed by atoms with van der Waals surface area (Å²) < 4.78 is 38.0. The number of benzene rings is 1. The van der Waals surface area contributed by atoms with E-state index in [4.69, 9.17) is 0 Å². The van der Waals surface area contributed by atoms with E-state index in [1.165, 1.54) is 29.8 Å². The van der Waals surface area contributed by atoms with Crippen molar-refractivity contribution < 1.29 is 18.0 Å². The topological polar surface area (TPSA) is 95.6 Å². The molecule has 154 valence electrons. The van der Waals surface area contributed by atoms with Gasteiger partial charge in [0, 0.05) is 23.0 Å². The first-order valence-electron chi connectivity index (χ1n) is 8.80. The van der Waals surface area contributed by atoms with Crippen LogP contribution in [0.2, 0.25) is 0 Å². The summed E-state index contributed by atoms with van der Waals surface area (Å²) in [7, 11) is 0. The minimum Gasteiger partial charge on any atom is -0.346 e. The third-order valence-electron chi connectivity index (χ3n) is 4.33. The van der Waals surface area contributed by atoms with Crippen molar-refractivity contribution >= 4 is 39.1 Å². The van der Waals surface area contributed by atoms with Gasteiger partial charge in [0.15, 0.2) is 5.13 Å². The number of fused-ring (bicyclic) bond motifs is 1. The quantitative estimate of drug-likeness (QED) is 0.426. The first-order valence-corrected chi connectivity index (χ1v) is 9.62. The molecule has 7 nitrogen and oxygen atoms in total. The molecule has 0 aliphatic carbocycles. The molecule has 0 radical (unpaired) electrons. The zero-order valence-electron chi connectivity index (χ0n) is 15.5. The highest BCUT2D eigenvalue weighted by Crippen LogP contribution is 2.31. The van der Waals surface area contributed by atoms with E-state index in [1.807, 2.05) is 6.92 Å². The number of anilines is 2. The minimum atomic E-state index is -4.38. The van der Waals surface area contributed by atoms with Gasteiger partial charge < -0.3 is 15.6 Å². The Labute approximate surface area is 172 Å². The van der Waals surface area contributed by atoms with E-state index < -0.39 is 11.7 Å². The summed E-state index contributed by atoms with van der Waals surface area (Å²) in [5.74, 6) is -0.347. The van der Waals surface area contributed by atoms with Crippen LogP contribution in [0.15, 0.2) is 49.1 Å². The fourth-order valence-electron chi connectivity index (χ4n) is 2.80. The number of carbonyl (C=O) groups is 1. The number of hydrogen-bond donors (Lipinski definition) is 3. The normalized spacial score (nSPS) is 12.7. The van der Waals surface area contributed by atoms with Crippen LogP contribution in [0.3, 0.4) is 0 Å². The number of alkyl halides is 3. The minimum absolute atomic E-state index is 0.265. The van der Waals surface area contributed by atoms with Gasteiger partial charge in [0.2, 0.25) is 0 Å². The van der Waals surface area contributed by atoms with E-state index in [0.717, 1.165) is 17.0 Å². The second-order valence-electron chi connectivity index (χ2n) is 6.43. The number of aromatic amines is 1. The predicted octanol–water partition coefficient (Wildman–Crippen LogP) is 4.67. The van der Waals surface area contributed by atoms with Crippen molar-refractivity contribution in [2.24, 2.45) is 0 Å². The van der Waals surface area contributed by atoms with Crippen LogP contribution in [-0.4, -0.2) is 25.8 Å². The van der Waals surface area contributed by atoms with E-state index in [9.17, 15) is 18.0 Å². The molecule has 0 aliphatic heterocycles. The van der Waals surface area contributed by atoms with Gasteiger partial charge in [-0.15, -0.1) is 0 Å². The van der Waals surface area contributed by atoms with Gasteiger partial charge in [-0.1, -0.05) is 11.3 Å². The molecule has 0 spiro atoms. The molecule has 11 heteroatoms. The number of H-pyrrole nitrogens is 1. The van der Waals surface area contributed by atoms with E-state index in [-0.39, 0.29) is 17.6 Å². The van der Waals surface area contributed by atoms with E-state index >= 15 is 0 Å². The number of thiazole rings is 1. The molecule has 3 heterocycles. The lowest BCUT2D eigenvalue weighted by molar-refractivity contribution is -0.137. The molecule has 0 saturated heterocycles. The zero-order valence-corrected chi connectivity index (χ0v) is 16.3. The number of nitrogens with zero attached hydrogens (tertiary/aromatic N) is 3. The lowest BCUT2D eigenvalue weighted by atomic mass is 10.2. The summed E-state index contributed by atoms with van der Waals surface area (Å²) in [6.07, 6.45) is 0.225. The Balaban J connectivity index is 1.43. The van der Waals surface area contributed by atoms with E-state index in [0.29, 0.717) is 21.9 Å². The first-order chi connectivity index (χ1) is 14.3. The highest BCUT2D eigenvalue weighted by Gasteiger charge is 2.30. The Hall–Kier alpha value is -3.47. The van der Waals surface area contributed by atoms with Crippen molar-refractivity contribution in [2.45, 2.75) is 19.1 Å². The number of halogens is 3. The number of nitrogens with one attached hydrogen (secondary N) is 3. The molecular weight excluding hydrogens is 417 g/mol. The highest BCUT2D eigenvalue weighted by molar-refractivity contribution is 7.15. The summed E-state index contributed by atoms with van der Waals surface area (Å²) in [5.41, 5.74) is 0.603. The van der Waals surface area contributed by atoms with Gasteiger partial charge in [-0.3, -0.25) is 4.79 Å². The lowest BCUT2D eigenvalue weighted by Gasteiger charge is -2.11. The van der Waals surface area contributed by atoms with Crippen molar-refractivity contribution in [3.63, 3.8) is 0 Å². The van der Waals surface area contributed by atoms with Crippen LogP contribution < -0.4 is 10.6 Å². The third-order valence-corrected chi connectivity index (χ3v) is 5.43. The Kier molecular flexibility index (Phi) is 5.12. The monoisotopic (exact) mass is 432 g/mol. The molecule has 3 aromatic heterocycles. The van der Waals surface area contributed by atoms with E-state index in [2.05, 4.69) is 30.6 Å². The van der Waals surface area contributed by atoms with Crippen LogP contribution in [0.5, 0.6) is 0 Å². The van der Waals surface area contributed by atoms with E-state index in [1.54, 1.807) is 18.5 Å². The molecule has 0 saturated carbocycles. The van der Waals surface area contributed by atoms with Crippen LogP contribution in [0.4, 0.5) is 24.0 Å².